The number of nitrogens with two attached hydrogens (primary N) is 1. The summed E-state index contributed by atoms with van der Waals surface area (Å²) in [5.74, 6) is 0.925. The molecule has 19 heavy (non-hydrogen) atoms. The Morgan fingerprint density at radius 1 is 1.58 bits per heavy atom. The van der Waals surface area contributed by atoms with E-state index in [1.165, 1.54) is 18.2 Å². The number of amides is 1. The van der Waals surface area contributed by atoms with Crippen LogP contribution < -0.4 is 11.1 Å². The normalized spacial score (nSPS) is 12.2. The molecule has 0 aromatic heterocycles. The Labute approximate surface area is 116 Å². The Kier molecular flexibility index (Phi) is 6.66. The average Bonchev–Trinajstić information content (AvgIpc) is 2.38. The van der Waals surface area contributed by atoms with Crippen molar-refractivity contribution in [2.75, 3.05) is 29.2 Å². The molecule has 0 aliphatic heterocycles. The van der Waals surface area contributed by atoms with Crippen molar-refractivity contribution < 1.29 is 14.3 Å². The molecule has 0 fully saturated rings. The molecule has 0 aliphatic carbocycles. The Morgan fingerprint density at radius 3 is 3.00 bits per heavy atom. The van der Waals surface area contributed by atoms with Crippen LogP contribution in [0.2, 0.25) is 0 Å². The SMILES string of the molecule is CC(CO)CSCCC(=O)Nc1cc(N)ccc1F. The maximum Gasteiger partial charge on any atom is 0.225 e. The second kappa shape index (κ2) is 8.01. The van der Waals surface area contributed by atoms with E-state index >= 15 is 0 Å². The minimum atomic E-state index is -0.496. The van der Waals surface area contributed by atoms with Gasteiger partial charge in [0.05, 0.1) is 5.69 Å². The van der Waals surface area contributed by atoms with Gasteiger partial charge in [0.1, 0.15) is 5.82 Å². The van der Waals surface area contributed by atoms with Crippen molar-refractivity contribution in [3.05, 3.63) is 24.0 Å². The molecule has 0 bridgehead atoms. The fourth-order valence-electron chi connectivity index (χ4n) is 1.35. The van der Waals surface area contributed by atoms with Gasteiger partial charge in [-0.15, -0.1) is 0 Å². The van der Waals surface area contributed by atoms with Gasteiger partial charge in [-0.1, -0.05) is 6.92 Å². The molecule has 6 heteroatoms. The zero-order valence-electron chi connectivity index (χ0n) is 10.9. The Bertz CT molecular complexity index is 429. The standard InChI is InChI=1S/C13H19FN2O2S/c1-9(7-17)8-19-5-4-13(18)16-12-6-10(15)2-3-11(12)14/h2-3,6,9,17H,4-5,7-8,15H2,1H3,(H,16,18). The number of benzene rings is 1. The highest BCUT2D eigenvalue weighted by Crippen LogP contribution is 2.18. The average molecular weight is 286 g/mol. The van der Waals surface area contributed by atoms with Crippen LogP contribution in [0.1, 0.15) is 13.3 Å². The molecule has 1 amide bonds. The highest BCUT2D eigenvalue weighted by Gasteiger charge is 2.08. The third-order valence-electron chi connectivity index (χ3n) is 2.45. The van der Waals surface area contributed by atoms with Crippen molar-refractivity contribution in [3.8, 4) is 0 Å². The number of hydrogen-bond acceptors (Lipinski definition) is 4. The number of aliphatic hydroxyl groups excluding tert-OH is 1. The summed E-state index contributed by atoms with van der Waals surface area (Å²) in [6, 6.07) is 4.06. The molecule has 0 spiro atoms. The van der Waals surface area contributed by atoms with Gasteiger partial charge in [0.25, 0.3) is 0 Å². The van der Waals surface area contributed by atoms with Crippen LogP contribution in [0.25, 0.3) is 0 Å². The van der Waals surface area contributed by atoms with E-state index in [9.17, 15) is 9.18 Å². The van der Waals surface area contributed by atoms with Crippen LogP contribution in [-0.4, -0.2) is 29.1 Å². The van der Waals surface area contributed by atoms with Gasteiger partial charge in [0.15, 0.2) is 0 Å². The number of hydrogen-bond donors (Lipinski definition) is 3. The summed E-state index contributed by atoms with van der Waals surface area (Å²) in [4.78, 5) is 11.6. The quantitative estimate of drug-likeness (QED) is 0.530. The molecule has 1 atom stereocenters. The number of halogens is 1. The second-order valence-corrected chi connectivity index (χ2v) is 5.55. The van der Waals surface area contributed by atoms with Crippen LogP contribution in [-0.2, 0) is 4.79 Å². The van der Waals surface area contributed by atoms with E-state index < -0.39 is 5.82 Å². The largest absolute Gasteiger partial charge is 0.399 e. The van der Waals surface area contributed by atoms with E-state index in [1.54, 1.807) is 11.8 Å². The monoisotopic (exact) mass is 286 g/mol. The summed E-state index contributed by atoms with van der Waals surface area (Å²) in [6.07, 6.45) is 0.303. The summed E-state index contributed by atoms with van der Waals surface area (Å²) in [5, 5.41) is 11.3. The Hall–Kier alpha value is -1.27. The smallest absolute Gasteiger partial charge is 0.225 e. The van der Waals surface area contributed by atoms with Crippen molar-refractivity contribution >= 4 is 29.0 Å². The minimum absolute atomic E-state index is 0.110. The lowest BCUT2D eigenvalue weighted by Crippen LogP contribution is -2.14. The number of nitrogen functional groups attached to an aromatic ring is 1. The number of carbonyl (C=O) groups excluding carboxylic acids is 1. The van der Waals surface area contributed by atoms with Gasteiger partial charge < -0.3 is 16.2 Å². The van der Waals surface area contributed by atoms with E-state index in [1.807, 2.05) is 6.92 Å². The molecule has 0 radical (unpaired) electrons. The molecule has 106 valence electrons. The predicted octanol–water partition coefficient (Wildman–Crippen LogP) is 2.10. The van der Waals surface area contributed by atoms with Crippen LogP contribution in [0, 0.1) is 11.7 Å². The number of anilines is 2. The van der Waals surface area contributed by atoms with Crippen LogP contribution in [0.4, 0.5) is 15.8 Å². The molecule has 1 rings (SSSR count). The number of aliphatic hydroxyl groups is 1. The van der Waals surface area contributed by atoms with Crippen molar-refractivity contribution in [1.82, 2.24) is 0 Å². The molecule has 1 aromatic carbocycles. The van der Waals surface area contributed by atoms with E-state index in [0.717, 1.165) is 5.75 Å². The fourth-order valence-corrected chi connectivity index (χ4v) is 2.36. The van der Waals surface area contributed by atoms with E-state index in [0.29, 0.717) is 17.9 Å². The number of carbonyl (C=O) groups is 1. The lowest BCUT2D eigenvalue weighted by atomic mass is 10.2. The maximum absolute atomic E-state index is 13.4. The summed E-state index contributed by atoms with van der Waals surface area (Å²) in [6.45, 7) is 2.09. The molecular weight excluding hydrogens is 267 g/mol. The molecule has 0 heterocycles. The molecule has 4 N–H and O–H groups in total. The van der Waals surface area contributed by atoms with Crippen LogP contribution in [0.15, 0.2) is 18.2 Å². The molecule has 0 saturated heterocycles. The molecule has 1 aromatic rings. The van der Waals surface area contributed by atoms with E-state index in [-0.39, 0.29) is 24.1 Å². The molecule has 4 nitrogen and oxygen atoms in total. The Morgan fingerprint density at radius 2 is 2.32 bits per heavy atom. The van der Waals surface area contributed by atoms with Crippen molar-refractivity contribution in [1.29, 1.82) is 0 Å². The molecular formula is C13H19FN2O2S. The van der Waals surface area contributed by atoms with Gasteiger partial charge in [-0.2, -0.15) is 11.8 Å². The van der Waals surface area contributed by atoms with E-state index in [4.69, 9.17) is 10.8 Å². The van der Waals surface area contributed by atoms with Gasteiger partial charge in [-0.25, -0.2) is 4.39 Å². The fraction of sp³-hybridized carbons (Fsp3) is 0.462. The van der Waals surface area contributed by atoms with Gasteiger partial charge in [-0.3, -0.25) is 4.79 Å². The third kappa shape index (κ3) is 5.94. The zero-order valence-corrected chi connectivity index (χ0v) is 11.7. The van der Waals surface area contributed by atoms with Gasteiger partial charge in [0, 0.05) is 24.5 Å². The molecule has 0 saturated carbocycles. The molecule has 1 unspecified atom stereocenters. The number of nitrogens with one attached hydrogen (secondary N) is 1. The lowest BCUT2D eigenvalue weighted by Gasteiger charge is -2.08. The predicted molar refractivity (Wildman–Crippen MR) is 77.6 cm³/mol. The summed E-state index contributed by atoms with van der Waals surface area (Å²) in [5.41, 5.74) is 6.04. The van der Waals surface area contributed by atoms with Crippen molar-refractivity contribution in [3.63, 3.8) is 0 Å². The lowest BCUT2D eigenvalue weighted by molar-refractivity contribution is -0.115. The zero-order chi connectivity index (χ0) is 14.3. The first-order valence-electron chi connectivity index (χ1n) is 6.06. The molecule has 0 aliphatic rings. The second-order valence-electron chi connectivity index (χ2n) is 4.40. The van der Waals surface area contributed by atoms with Gasteiger partial charge in [-0.05, 0) is 29.9 Å². The Balaban J connectivity index is 2.33. The highest BCUT2D eigenvalue weighted by molar-refractivity contribution is 7.99. The number of thioether (sulfide) groups is 1. The van der Waals surface area contributed by atoms with Crippen molar-refractivity contribution in [2.45, 2.75) is 13.3 Å². The van der Waals surface area contributed by atoms with Crippen LogP contribution in [0.3, 0.4) is 0 Å². The van der Waals surface area contributed by atoms with Crippen LogP contribution in [0.5, 0.6) is 0 Å². The van der Waals surface area contributed by atoms with Gasteiger partial charge >= 0.3 is 0 Å². The first-order chi connectivity index (χ1) is 9.02. The first kappa shape index (κ1) is 15.8. The first-order valence-corrected chi connectivity index (χ1v) is 7.22. The third-order valence-corrected chi connectivity index (χ3v) is 3.75. The van der Waals surface area contributed by atoms with Crippen LogP contribution >= 0.6 is 11.8 Å². The van der Waals surface area contributed by atoms with Gasteiger partial charge in [0.2, 0.25) is 5.91 Å². The summed E-state index contributed by atoms with van der Waals surface area (Å²) < 4.78 is 13.4. The highest BCUT2D eigenvalue weighted by atomic mass is 32.2. The number of rotatable bonds is 7. The summed E-state index contributed by atoms with van der Waals surface area (Å²) >= 11 is 1.59. The topological polar surface area (TPSA) is 75.3 Å². The maximum atomic E-state index is 13.4. The minimum Gasteiger partial charge on any atom is -0.399 e. The van der Waals surface area contributed by atoms with E-state index in [2.05, 4.69) is 5.32 Å². The summed E-state index contributed by atoms with van der Waals surface area (Å²) in [7, 11) is 0. The van der Waals surface area contributed by atoms with Crippen molar-refractivity contribution in [2.24, 2.45) is 5.92 Å².